The van der Waals surface area contributed by atoms with Crippen LogP contribution in [0.3, 0.4) is 0 Å². The highest BCUT2D eigenvalue weighted by molar-refractivity contribution is 5.92. The Morgan fingerprint density at radius 2 is 2.20 bits per heavy atom. The first-order chi connectivity index (χ1) is 9.66. The van der Waals surface area contributed by atoms with E-state index in [9.17, 15) is 9.18 Å². The van der Waals surface area contributed by atoms with Gasteiger partial charge in [-0.15, -0.1) is 0 Å². The topological polar surface area (TPSA) is 44.4 Å². The molecular formula is C15H22FN3O. The van der Waals surface area contributed by atoms with E-state index in [1.807, 2.05) is 0 Å². The minimum Gasteiger partial charge on any atom is -0.322 e. The van der Waals surface area contributed by atoms with Crippen molar-refractivity contribution in [3.8, 4) is 0 Å². The number of piperidine rings is 1. The molecule has 1 aliphatic rings. The number of hydrogen-bond donors (Lipinski definition) is 2. The summed E-state index contributed by atoms with van der Waals surface area (Å²) in [5.74, 6) is -0.624. The molecule has 110 valence electrons. The van der Waals surface area contributed by atoms with Gasteiger partial charge in [0.25, 0.3) is 0 Å². The second kappa shape index (κ2) is 7.36. The molecule has 1 aliphatic heterocycles. The highest BCUT2D eigenvalue weighted by atomic mass is 19.1. The number of amides is 1. The molecule has 0 spiro atoms. The predicted molar refractivity (Wildman–Crippen MR) is 78.2 cm³/mol. The summed E-state index contributed by atoms with van der Waals surface area (Å²) in [5, 5.41) is 5.72. The summed E-state index contributed by atoms with van der Waals surface area (Å²) >= 11 is 0. The standard InChI is InChI=1S/C15H22FN3O/c1-19-9-5-4-6-12(19)10-17-11-15(20)18-14-8-3-2-7-13(14)16/h2-3,7-8,12,17H,4-6,9-11H2,1H3,(H,18,20). The normalized spacial score (nSPS) is 19.8. The largest absolute Gasteiger partial charge is 0.322 e. The summed E-state index contributed by atoms with van der Waals surface area (Å²) in [4.78, 5) is 14.1. The van der Waals surface area contributed by atoms with E-state index in [4.69, 9.17) is 0 Å². The molecule has 2 rings (SSSR count). The molecule has 1 fully saturated rings. The number of rotatable bonds is 5. The van der Waals surface area contributed by atoms with Crippen LogP contribution in [0.15, 0.2) is 24.3 Å². The van der Waals surface area contributed by atoms with Gasteiger partial charge >= 0.3 is 0 Å². The molecule has 1 unspecified atom stereocenters. The maximum Gasteiger partial charge on any atom is 0.238 e. The van der Waals surface area contributed by atoms with Crippen molar-refractivity contribution in [2.24, 2.45) is 0 Å². The van der Waals surface area contributed by atoms with E-state index in [-0.39, 0.29) is 18.1 Å². The average Bonchev–Trinajstić information content (AvgIpc) is 2.43. The number of nitrogens with zero attached hydrogens (tertiary/aromatic N) is 1. The average molecular weight is 279 g/mol. The summed E-state index contributed by atoms with van der Waals surface area (Å²) in [6, 6.07) is 6.68. The van der Waals surface area contributed by atoms with Crippen molar-refractivity contribution >= 4 is 11.6 Å². The lowest BCUT2D eigenvalue weighted by molar-refractivity contribution is -0.115. The fraction of sp³-hybridized carbons (Fsp3) is 0.533. The number of carbonyl (C=O) groups excluding carboxylic acids is 1. The molecule has 0 radical (unpaired) electrons. The number of carbonyl (C=O) groups is 1. The van der Waals surface area contributed by atoms with Gasteiger partial charge in [0.2, 0.25) is 5.91 Å². The second-order valence-electron chi connectivity index (χ2n) is 5.29. The molecule has 1 amide bonds. The maximum absolute atomic E-state index is 13.4. The zero-order chi connectivity index (χ0) is 14.4. The first kappa shape index (κ1) is 14.9. The Balaban J connectivity index is 1.71. The fourth-order valence-electron chi connectivity index (χ4n) is 2.51. The van der Waals surface area contributed by atoms with Gasteiger partial charge in [0.1, 0.15) is 5.82 Å². The van der Waals surface area contributed by atoms with Gasteiger partial charge in [0.05, 0.1) is 12.2 Å². The third-order valence-corrected chi connectivity index (χ3v) is 3.73. The Morgan fingerprint density at radius 3 is 2.95 bits per heavy atom. The summed E-state index contributed by atoms with van der Waals surface area (Å²) in [6.07, 6.45) is 3.66. The van der Waals surface area contributed by atoms with E-state index in [0.717, 1.165) is 13.1 Å². The lowest BCUT2D eigenvalue weighted by atomic mass is 10.0. The number of likely N-dealkylation sites (tertiary alicyclic amines) is 1. The number of nitrogens with one attached hydrogen (secondary N) is 2. The van der Waals surface area contributed by atoms with Gasteiger partial charge in [0.15, 0.2) is 0 Å². The van der Waals surface area contributed by atoms with Gasteiger partial charge in [-0.1, -0.05) is 18.6 Å². The molecule has 0 bridgehead atoms. The molecule has 1 atom stereocenters. The van der Waals surface area contributed by atoms with E-state index >= 15 is 0 Å². The lowest BCUT2D eigenvalue weighted by Gasteiger charge is -2.32. The molecule has 0 aliphatic carbocycles. The molecule has 1 heterocycles. The number of likely N-dealkylation sites (N-methyl/N-ethyl adjacent to an activating group) is 1. The van der Waals surface area contributed by atoms with Gasteiger partial charge in [0, 0.05) is 12.6 Å². The minimum atomic E-state index is -0.409. The lowest BCUT2D eigenvalue weighted by Crippen LogP contribution is -2.44. The first-order valence-electron chi connectivity index (χ1n) is 7.12. The van der Waals surface area contributed by atoms with Crippen molar-refractivity contribution in [1.82, 2.24) is 10.2 Å². The number of halogens is 1. The van der Waals surface area contributed by atoms with Crippen LogP contribution in [0.5, 0.6) is 0 Å². The maximum atomic E-state index is 13.4. The van der Waals surface area contributed by atoms with Crippen molar-refractivity contribution in [2.75, 3.05) is 32.0 Å². The second-order valence-corrected chi connectivity index (χ2v) is 5.29. The minimum absolute atomic E-state index is 0.207. The van der Waals surface area contributed by atoms with Crippen LogP contribution in [0.25, 0.3) is 0 Å². The van der Waals surface area contributed by atoms with E-state index in [0.29, 0.717) is 6.04 Å². The van der Waals surface area contributed by atoms with E-state index in [1.54, 1.807) is 18.2 Å². The van der Waals surface area contributed by atoms with Gasteiger partial charge in [-0.2, -0.15) is 0 Å². The van der Waals surface area contributed by atoms with E-state index in [1.165, 1.54) is 25.3 Å². The van der Waals surface area contributed by atoms with Gasteiger partial charge in [-0.25, -0.2) is 4.39 Å². The quantitative estimate of drug-likeness (QED) is 0.864. The van der Waals surface area contributed by atoms with Gasteiger partial charge in [-0.3, -0.25) is 4.79 Å². The van der Waals surface area contributed by atoms with Crippen molar-refractivity contribution in [2.45, 2.75) is 25.3 Å². The monoisotopic (exact) mass is 279 g/mol. The van der Waals surface area contributed by atoms with Gasteiger partial charge < -0.3 is 15.5 Å². The van der Waals surface area contributed by atoms with Crippen LogP contribution >= 0.6 is 0 Å². The summed E-state index contributed by atoms with van der Waals surface area (Å²) in [7, 11) is 2.12. The molecule has 1 aromatic rings. The third-order valence-electron chi connectivity index (χ3n) is 3.73. The van der Waals surface area contributed by atoms with Crippen LogP contribution in [-0.4, -0.2) is 43.5 Å². The van der Waals surface area contributed by atoms with Crippen LogP contribution in [0.1, 0.15) is 19.3 Å². The molecular weight excluding hydrogens is 257 g/mol. The molecule has 5 heteroatoms. The molecule has 4 nitrogen and oxygen atoms in total. The molecule has 0 aromatic heterocycles. The van der Waals surface area contributed by atoms with E-state index < -0.39 is 5.82 Å². The summed E-state index contributed by atoms with van der Waals surface area (Å²) in [6.45, 7) is 2.12. The molecule has 1 aromatic carbocycles. The van der Waals surface area contributed by atoms with E-state index in [2.05, 4.69) is 22.6 Å². The van der Waals surface area contributed by atoms with Crippen LogP contribution in [-0.2, 0) is 4.79 Å². The predicted octanol–water partition coefficient (Wildman–Crippen LogP) is 1.84. The first-order valence-corrected chi connectivity index (χ1v) is 7.12. The van der Waals surface area contributed by atoms with Gasteiger partial charge in [-0.05, 0) is 38.6 Å². The Morgan fingerprint density at radius 1 is 1.40 bits per heavy atom. The third kappa shape index (κ3) is 4.28. The zero-order valence-electron chi connectivity index (χ0n) is 11.9. The Hall–Kier alpha value is -1.46. The Labute approximate surface area is 119 Å². The Kier molecular flexibility index (Phi) is 5.49. The number of anilines is 1. The Bertz CT molecular complexity index is 452. The van der Waals surface area contributed by atoms with Crippen molar-refractivity contribution in [1.29, 1.82) is 0 Å². The summed E-state index contributed by atoms with van der Waals surface area (Å²) in [5.41, 5.74) is 0.231. The number of benzene rings is 1. The van der Waals surface area contributed by atoms with Crippen molar-refractivity contribution in [3.05, 3.63) is 30.1 Å². The number of hydrogen-bond acceptors (Lipinski definition) is 3. The molecule has 20 heavy (non-hydrogen) atoms. The van der Waals surface area contributed by atoms with Crippen LogP contribution in [0.2, 0.25) is 0 Å². The zero-order valence-corrected chi connectivity index (χ0v) is 11.9. The smallest absolute Gasteiger partial charge is 0.238 e. The highest BCUT2D eigenvalue weighted by Gasteiger charge is 2.18. The molecule has 1 saturated heterocycles. The molecule has 2 N–H and O–H groups in total. The SMILES string of the molecule is CN1CCCCC1CNCC(=O)Nc1ccccc1F. The summed E-state index contributed by atoms with van der Waals surface area (Å²) < 4.78 is 13.4. The van der Waals surface area contributed by atoms with Crippen molar-refractivity contribution in [3.63, 3.8) is 0 Å². The fourth-order valence-corrected chi connectivity index (χ4v) is 2.51. The van der Waals surface area contributed by atoms with Crippen LogP contribution in [0.4, 0.5) is 10.1 Å². The van der Waals surface area contributed by atoms with Crippen molar-refractivity contribution < 1.29 is 9.18 Å². The number of para-hydroxylation sites is 1. The van der Waals surface area contributed by atoms with Crippen LogP contribution in [0, 0.1) is 5.82 Å². The molecule has 0 saturated carbocycles. The van der Waals surface area contributed by atoms with Crippen LogP contribution < -0.4 is 10.6 Å². The highest BCUT2D eigenvalue weighted by Crippen LogP contribution is 2.14.